The Balaban J connectivity index is 2.02. The minimum atomic E-state index is -0.379. The predicted molar refractivity (Wildman–Crippen MR) is 71.2 cm³/mol. The number of hydrogen-bond acceptors (Lipinski definition) is 2. The van der Waals surface area contributed by atoms with Crippen LogP contribution in [0.1, 0.15) is 25.3 Å². The minimum absolute atomic E-state index is 0.0121. The van der Waals surface area contributed by atoms with Gasteiger partial charge in [0.05, 0.1) is 11.1 Å². The van der Waals surface area contributed by atoms with E-state index in [9.17, 15) is 4.39 Å². The van der Waals surface area contributed by atoms with Crippen LogP contribution in [0.15, 0.2) is 18.2 Å². The summed E-state index contributed by atoms with van der Waals surface area (Å²) in [6, 6.07) is 4.90. The fourth-order valence-electron chi connectivity index (χ4n) is 2.67. The van der Waals surface area contributed by atoms with Gasteiger partial charge in [0.15, 0.2) is 0 Å². The van der Waals surface area contributed by atoms with Gasteiger partial charge in [0.1, 0.15) is 5.82 Å². The zero-order valence-electron chi connectivity index (χ0n) is 10.5. The SMILES string of the molecule is CCC1OCCC1C(N)Cc1ccc(Cl)c(F)c1. The van der Waals surface area contributed by atoms with Gasteiger partial charge in [-0.15, -0.1) is 0 Å². The summed E-state index contributed by atoms with van der Waals surface area (Å²) in [5.41, 5.74) is 7.12. The van der Waals surface area contributed by atoms with E-state index < -0.39 is 0 Å². The Hall–Kier alpha value is -0.640. The Morgan fingerprint density at radius 1 is 1.56 bits per heavy atom. The third-order valence-electron chi connectivity index (χ3n) is 3.67. The molecule has 0 saturated carbocycles. The second kappa shape index (κ2) is 6.00. The highest BCUT2D eigenvalue weighted by atomic mass is 35.5. The molecule has 0 aromatic heterocycles. The molecule has 1 heterocycles. The summed E-state index contributed by atoms with van der Waals surface area (Å²) in [6.45, 7) is 2.89. The van der Waals surface area contributed by atoms with Crippen molar-refractivity contribution in [3.63, 3.8) is 0 Å². The third kappa shape index (κ3) is 3.02. The Morgan fingerprint density at radius 3 is 3.00 bits per heavy atom. The van der Waals surface area contributed by atoms with Crippen molar-refractivity contribution in [2.75, 3.05) is 6.61 Å². The second-order valence-corrected chi connectivity index (χ2v) is 5.29. The van der Waals surface area contributed by atoms with Crippen LogP contribution in [0.5, 0.6) is 0 Å². The highest BCUT2D eigenvalue weighted by molar-refractivity contribution is 6.30. The van der Waals surface area contributed by atoms with Crippen molar-refractivity contribution >= 4 is 11.6 Å². The van der Waals surface area contributed by atoms with Crippen molar-refractivity contribution in [2.45, 2.75) is 38.3 Å². The lowest BCUT2D eigenvalue weighted by Crippen LogP contribution is -2.36. The van der Waals surface area contributed by atoms with Crippen LogP contribution in [-0.2, 0) is 11.2 Å². The van der Waals surface area contributed by atoms with Gasteiger partial charge in [-0.1, -0.05) is 24.6 Å². The van der Waals surface area contributed by atoms with Crippen molar-refractivity contribution in [3.05, 3.63) is 34.6 Å². The first-order valence-electron chi connectivity index (χ1n) is 6.43. The number of halogens is 2. The summed E-state index contributed by atoms with van der Waals surface area (Å²) in [5, 5.41) is 0.156. The van der Waals surface area contributed by atoms with E-state index in [4.69, 9.17) is 22.1 Å². The van der Waals surface area contributed by atoms with Crippen molar-refractivity contribution in [1.29, 1.82) is 0 Å². The van der Waals surface area contributed by atoms with Crippen LogP contribution in [0.25, 0.3) is 0 Å². The molecule has 1 aliphatic rings. The highest BCUT2D eigenvalue weighted by Crippen LogP contribution is 2.27. The maximum Gasteiger partial charge on any atom is 0.142 e. The smallest absolute Gasteiger partial charge is 0.142 e. The molecule has 18 heavy (non-hydrogen) atoms. The predicted octanol–water partition coefficient (Wildman–Crippen LogP) is 3.16. The first-order valence-corrected chi connectivity index (χ1v) is 6.80. The third-order valence-corrected chi connectivity index (χ3v) is 3.97. The Labute approximate surface area is 112 Å². The van der Waals surface area contributed by atoms with Crippen molar-refractivity contribution in [1.82, 2.24) is 0 Å². The molecule has 2 nitrogen and oxygen atoms in total. The number of benzene rings is 1. The number of hydrogen-bond donors (Lipinski definition) is 1. The Bertz CT molecular complexity index is 413. The van der Waals surface area contributed by atoms with Crippen LogP contribution in [0.2, 0.25) is 5.02 Å². The fraction of sp³-hybridized carbons (Fsp3) is 0.571. The van der Waals surface area contributed by atoms with E-state index in [2.05, 4.69) is 6.92 Å². The van der Waals surface area contributed by atoms with E-state index in [1.165, 1.54) is 6.07 Å². The number of rotatable bonds is 4. The topological polar surface area (TPSA) is 35.2 Å². The van der Waals surface area contributed by atoms with Crippen LogP contribution in [0, 0.1) is 11.7 Å². The standard InChI is InChI=1S/C14H19ClFNO/c1-2-14-10(5-6-18-14)13(17)8-9-3-4-11(15)12(16)7-9/h3-4,7,10,13-14H,2,5-6,8,17H2,1H3. The van der Waals surface area contributed by atoms with E-state index >= 15 is 0 Å². The fourth-order valence-corrected chi connectivity index (χ4v) is 2.78. The molecule has 1 saturated heterocycles. The molecule has 0 bridgehead atoms. The molecule has 1 aromatic carbocycles. The second-order valence-electron chi connectivity index (χ2n) is 4.89. The highest BCUT2D eigenvalue weighted by Gasteiger charge is 2.31. The van der Waals surface area contributed by atoms with E-state index in [0.29, 0.717) is 12.3 Å². The van der Waals surface area contributed by atoms with Crippen LogP contribution >= 0.6 is 11.6 Å². The molecule has 0 amide bonds. The van der Waals surface area contributed by atoms with E-state index in [-0.39, 0.29) is 23.0 Å². The van der Waals surface area contributed by atoms with Gasteiger partial charge in [-0.2, -0.15) is 0 Å². The van der Waals surface area contributed by atoms with Crippen molar-refractivity contribution < 1.29 is 9.13 Å². The van der Waals surface area contributed by atoms with E-state index in [0.717, 1.165) is 25.0 Å². The first-order chi connectivity index (χ1) is 8.61. The molecular formula is C14H19ClFNO. The van der Waals surface area contributed by atoms with Crippen molar-refractivity contribution in [3.8, 4) is 0 Å². The van der Waals surface area contributed by atoms with E-state index in [1.807, 2.05) is 6.07 Å². The Morgan fingerprint density at radius 2 is 2.33 bits per heavy atom. The summed E-state index contributed by atoms with van der Waals surface area (Å²) in [5.74, 6) is -0.00943. The zero-order chi connectivity index (χ0) is 13.1. The van der Waals surface area contributed by atoms with Gasteiger partial charge in [-0.25, -0.2) is 4.39 Å². The largest absolute Gasteiger partial charge is 0.378 e. The summed E-state index contributed by atoms with van der Waals surface area (Å²) < 4.78 is 19.0. The lowest BCUT2D eigenvalue weighted by molar-refractivity contribution is 0.0814. The summed E-state index contributed by atoms with van der Waals surface area (Å²) in [7, 11) is 0. The van der Waals surface area contributed by atoms with Crippen LogP contribution in [0.4, 0.5) is 4.39 Å². The molecule has 3 unspecified atom stereocenters. The lowest BCUT2D eigenvalue weighted by atomic mass is 9.88. The van der Waals surface area contributed by atoms with Gasteiger partial charge in [0, 0.05) is 18.6 Å². The normalized spacial score (nSPS) is 25.3. The molecule has 0 aliphatic carbocycles. The van der Waals surface area contributed by atoms with Gasteiger partial charge in [0.2, 0.25) is 0 Å². The summed E-state index contributed by atoms with van der Waals surface area (Å²) in [4.78, 5) is 0. The molecule has 0 radical (unpaired) electrons. The molecular weight excluding hydrogens is 253 g/mol. The number of ether oxygens (including phenoxy) is 1. The maximum absolute atomic E-state index is 13.4. The number of nitrogens with two attached hydrogens (primary N) is 1. The average molecular weight is 272 g/mol. The van der Waals surface area contributed by atoms with Gasteiger partial charge >= 0.3 is 0 Å². The lowest BCUT2D eigenvalue weighted by Gasteiger charge is -2.23. The van der Waals surface area contributed by atoms with Gasteiger partial charge in [-0.3, -0.25) is 0 Å². The van der Waals surface area contributed by atoms with E-state index in [1.54, 1.807) is 6.07 Å². The molecule has 0 spiro atoms. The Kier molecular flexibility index (Phi) is 4.60. The van der Waals surface area contributed by atoms with Crippen molar-refractivity contribution in [2.24, 2.45) is 11.7 Å². The summed E-state index contributed by atoms with van der Waals surface area (Å²) in [6.07, 6.45) is 2.89. The van der Waals surface area contributed by atoms with Crippen LogP contribution in [-0.4, -0.2) is 18.8 Å². The molecule has 2 rings (SSSR count). The molecule has 2 N–H and O–H groups in total. The molecule has 4 heteroatoms. The summed E-state index contributed by atoms with van der Waals surface area (Å²) >= 11 is 5.66. The molecule has 1 fully saturated rings. The molecule has 3 atom stereocenters. The van der Waals surface area contributed by atoms with Gasteiger partial charge in [-0.05, 0) is 37.0 Å². The zero-order valence-corrected chi connectivity index (χ0v) is 11.3. The first kappa shape index (κ1) is 13.8. The average Bonchev–Trinajstić information content (AvgIpc) is 2.82. The molecule has 100 valence electrons. The van der Waals surface area contributed by atoms with Gasteiger partial charge in [0.25, 0.3) is 0 Å². The quantitative estimate of drug-likeness (QED) is 0.913. The molecule has 1 aliphatic heterocycles. The molecule has 1 aromatic rings. The van der Waals surface area contributed by atoms with Gasteiger partial charge < -0.3 is 10.5 Å². The monoisotopic (exact) mass is 271 g/mol. The van der Waals surface area contributed by atoms with Crippen LogP contribution < -0.4 is 5.73 Å². The minimum Gasteiger partial charge on any atom is -0.378 e. The maximum atomic E-state index is 13.4. The van der Waals surface area contributed by atoms with Crippen LogP contribution in [0.3, 0.4) is 0 Å².